The highest BCUT2D eigenvalue weighted by molar-refractivity contribution is 5.99. The molecule has 5 rings (SSSR count). The lowest BCUT2D eigenvalue weighted by Crippen LogP contribution is -2.52. The van der Waals surface area contributed by atoms with Gasteiger partial charge in [0.05, 0.1) is 12.2 Å². The van der Waals surface area contributed by atoms with Crippen molar-refractivity contribution in [3.8, 4) is 0 Å². The molecule has 3 aliphatic heterocycles. The van der Waals surface area contributed by atoms with Crippen LogP contribution in [0.2, 0.25) is 0 Å². The molecular weight excluding hydrogens is 407 g/mol. The minimum absolute atomic E-state index is 0.165. The van der Waals surface area contributed by atoms with Crippen molar-refractivity contribution in [3.63, 3.8) is 0 Å². The second-order valence-corrected chi connectivity index (χ2v) is 8.84. The van der Waals surface area contributed by atoms with Gasteiger partial charge in [0, 0.05) is 32.1 Å². The van der Waals surface area contributed by atoms with Crippen LogP contribution < -0.4 is 5.32 Å². The highest BCUT2D eigenvalue weighted by Gasteiger charge is 2.47. The summed E-state index contributed by atoms with van der Waals surface area (Å²) in [4.78, 5) is 17.5. The van der Waals surface area contributed by atoms with Gasteiger partial charge in [0.15, 0.2) is 6.04 Å². The number of nitrogens with one attached hydrogen (secondary N) is 1. The number of hydrogen-bond acceptors (Lipinski definition) is 4. The summed E-state index contributed by atoms with van der Waals surface area (Å²) in [5.41, 5.74) is 2.03. The summed E-state index contributed by atoms with van der Waals surface area (Å²) in [6.45, 7) is 5.01. The number of halogens is 3. The molecule has 1 aromatic carbocycles. The van der Waals surface area contributed by atoms with Crippen molar-refractivity contribution >= 4 is 11.7 Å². The molecule has 1 N–H and O–H groups in total. The lowest BCUT2D eigenvalue weighted by atomic mass is 9.96. The van der Waals surface area contributed by atoms with E-state index in [-0.39, 0.29) is 23.7 Å². The predicted molar refractivity (Wildman–Crippen MR) is 110 cm³/mol. The van der Waals surface area contributed by atoms with Crippen LogP contribution in [0.4, 0.5) is 19.0 Å². The number of alkyl halides is 3. The maximum absolute atomic E-state index is 13.9. The Bertz CT molecular complexity index is 971. The lowest BCUT2D eigenvalue weighted by Gasteiger charge is -2.38. The van der Waals surface area contributed by atoms with Crippen LogP contribution in [-0.4, -0.2) is 63.9 Å². The number of carbonyl (C=O) groups is 1. The van der Waals surface area contributed by atoms with Crippen LogP contribution in [0.25, 0.3) is 0 Å². The molecule has 2 aromatic rings. The number of amides is 1. The van der Waals surface area contributed by atoms with E-state index in [1.54, 1.807) is 4.90 Å². The van der Waals surface area contributed by atoms with Gasteiger partial charge in [-0.25, -0.2) is 4.68 Å². The van der Waals surface area contributed by atoms with Gasteiger partial charge >= 0.3 is 6.18 Å². The third-order valence-electron chi connectivity index (χ3n) is 6.82. The smallest absolute Gasteiger partial charge is 0.363 e. The van der Waals surface area contributed by atoms with E-state index in [0.29, 0.717) is 19.1 Å². The normalized spacial score (nSPS) is 26.3. The number of hydrogen-bond donors (Lipinski definition) is 1. The summed E-state index contributed by atoms with van der Waals surface area (Å²) in [6.07, 6.45) is -1.15. The van der Waals surface area contributed by atoms with E-state index in [4.69, 9.17) is 0 Å². The average Bonchev–Trinajstić information content (AvgIpc) is 3.38. The van der Waals surface area contributed by atoms with E-state index in [1.807, 2.05) is 31.2 Å². The number of rotatable bonds is 2. The van der Waals surface area contributed by atoms with Crippen molar-refractivity contribution in [2.24, 2.45) is 0 Å². The number of carbonyl (C=O) groups excluding carboxylic acids is 1. The van der Waals surface area contributed by atoms with Crippen molar-refractivity contribution in [1.82, 2.24) is 19.6 Å². The third-order valence-corrected chi connectivity index (χ3v) is 6.82. The van der Waals surface area contributed by atoms with Crippen molar-refractivity contribution in [3.05, 3.63) is 47.2 Å². The van der Waals surface area contributed by atoms with Crippen molar-refractivity contribution in [1.29, 1.82) is 0 Å². The zero-order chi connectivity index (χ0) is 21.8. The number of anilines is 1. The molecule has 3 aliphatic rings. The SMILES string of the molecule is Cc1ccc([C@@H]2C[C@H](C(F)(F)F)n3ncc(C(=O)N4CCN5CCC[C@H]5C4)c3N2)cc1. The highest BCUT2D eigenvalue weighted by Crippen LogP contribution is 2.44. The van der Waals surface area contributed by atoms with Gasteiger partial charge in [-0.05, 0) is 31.9 Å². The van der Waals surface area contributed by atoms with Crippen molar-refractivity contribution in [2.75, 3.05) is 31.5 Å². The molecule has 1 aromatic heterocycles. The molecule has 31 heavy (non-hydrogen) atoms. The van der Waals surface area contributed by atoms with Crippen LogP contribution in [0.5, 0.6) is 0 Å². The first-order chi connectivity index (χ1) is 14.8. The van der Waals surface area contributed by atoms with Crippen LogP contribution in [0.3, 0.4) is 0 Å². The van der Waals surface area contributed by atoms with Gasteiger partial charge in [0.25, 0.3) is 5.91 Å². The minimum atomic E-state index is -4.46. The maximum Gasteiger partial charge on any atom is 0.410 e. The van der Waals surface area contributed by atoms with Crippen LogP contribution in [-0.2, 0) is 0 Å². The van der Waals surface area contributed by atoms with Gasteiger partial charge in [0.2, 0.25) is 0 Å². The molecule has 6 nitrogen and oxygen atoms in total. The number of fused-ring (bicyclic) bond motifs is 2. The molecule has 2 fully saturated rings. The lowest BCUT2D eigenvalue weighted by molar-refractivity contribution is -0.173. The zero-order valence-electron chi connectivity index (χ0n) is 17.4. The third kappa shape index (κ3) is 3.69. The Morgan fingerprint density at radius 1 is 1.16 bits per heavy atom. The molecule has 166 valence electrons. The molecular formula is C22H26F3N5O. The first-order valence-corrected chi connectivity index (χ1v) is 10.8. The van der Waals surface area contributed by atoms with Crippen LogP contribution >= 0.6 is 0 Å². The fourth-order valence-electron chi connectivity index (χ4n) is 5.08. The van der Waals surface area contributed by atoms with Crippen molar-refractivity contribution in [2.45, 2.75) is 50.5 Å². The average molecular weight is 433 g/mol. The van der Waals surface area contributed by atoms with E-state index in [2.05, 4.69) is 15.3 Å². The number of piperazine rings is 1. The topological polar surface area (TPSA) is 53.4 Å². The second-order valence-electron chi connectivity index (χ2n) is 8.84. The Labute approximate surface area is 179 Å². The Kier molecular flexibility index (Phi) is 4.96. The van der Waals surface area contributed by atoms with Gasteiger partial charge in [-0.3, -0.25) is 9.69 Å². The van der Waals surface area contributed by atoms with E-state index in [0.717, 1.165) is 41.7 Å². The standard InChI is InChI=1S/C22H26F3N5O/c1-14-4-6-15(7-5-14)18-11-19(22(23,24)25)30-20(27-18)17(12-26-30)21(31)29-10-9-28-8-2-3-16(28)13-29/h4-7,12,16,18-19,27H,2-3,8-11,13H2,1H3/t16-,18-,19+/m0/s1. The Balaban J connectivity index is 1.46. The molecule has 9 heteroatoms. The van der Waals surface area contributed by atoms with E-state index in [1.165, 1.54) is 6.20 Å². The summed E-state index contributed by atoms with van der Waals surface area (Å²) < 4.78 is 42.6. The van der Waals surface area contributed by atoms with Crippen LogP contribution in [0.15, 0.2) is 30.5 Å². The molecule has 2 saturated heterocycles. The molecule has 3 atom stereocenters. The molecule has 1 amide bonds. The predicted octanol–water partition coefficient (Wildman–Crippen LogP) is 3.77. The Morgan fingerprint density at radius 3 is 2.68 bits per heavy atom. The maximum atomic E-state index is 13.9. The van der Waals surface area contributed by atoms with E-state index in [9.17, 15) is 18.0 Å². The molecule has 0 unspecified atom stereocenters. The number of benzene rings is 1. The first kappa shape index (κ1) is 20.4. The molecule has 0 spiro atoms. The summed E-state index contributed by atoms with van der Waals surface area (Å²) >= 11 is 0. The van der Waals surface area contributed by atoms with Gasteiger partial charge in [-0.1, -0.05) is 29.8 Å². The number of nitrogens with zero attached hydrogens (tertiary/aromatic N) is 4. The molecule has 0 aliphatic carbocycles. The van der Waals surface area contributed by atoms with Crippen molar-refractivity contribution < 1.29 is 18.0 Å². The Morgan fingerprint density at radius 2 is 1.94 bits per heavy atom. The largest absolute Gasteiger partial charge is 0.410 e. The van der Waals surface area contributed by atoms with E-state index < -0.39 is 18.3 Å². The monoisotopic (exact) mass is 433 g/mol. The van der Waals surface area contributed by atoms with E-state index >= 15 is 0 Å². The number of aromatic nitrogens is 2. The quantitative estimate of drug-likeness (QED) is 0.784. The van der Waals surface area contributed by atoms with Gasteiger partial charge in [-0.15, -0.1) is 0 Å². The fourth-order valence-corrected chi connectivity index (χ4v) is 5.08. The summed E-state index contributed by atoms with van der Waals surface area (Å²) in [6, 6.07) is 5.48. The fraction of sp³-hybridized carbons (Fsp3) is 0.545. The minimum Gasteiger partial charge on any atom is -0.363 e. The summed E-state index contributed by atoms with van der Waals surface area (Å²) in [5, 5.41) is 7.20. The zero-order valence-corrected chi connectivity index (χ0v) is 17.4. The Hall–Kier alpha value is -2.55. The summed E-state index contributed by atoms with van der Waals surface area (Å²) in [7, 11) is 0. The number of aryl methyl sites for hydroxylation is 1. The second kappa shape index (κ2) is 7.55. The first-order valence-electron chi connectivity index (χ1n) is 10.8. The molecule has 0 saturated carbocycles. The molecule has 0 radical (unpaired) electrons. The highest BCUT2D eigenvalue weighted by atomic mass is 19.4. The van der Waals surface area contributed by atoms with Crippen LogP contribution in [0.1, 0.15) is 52.8 Å². The van der Waals surface area contributed by atoms with Gasteiger partial charge in [0.1, 0.15) is 11.4 Å². The molecule has 0 bridgehead atoms. The van der Waals surface area contributed by atoms with Gasteiger partial charge in [-0.2, -0.15) is 18.3 Å². The van der Waals surface area contributed by atoms with Crippen LogP contribution in [0, 0.1) is 6.92 Å². The van der Waals surface area contributed by atoms with Gasteiger partial charge < -0.3 is 10.2 Å². The summed E-state index contributed by atoms with van der Waals surface area (Å²) in [5.74, 6) is -0.0798. The molecule has 4 heterocycles.